The minimum absolute atomic E-state index is 0.569. The van der Waals surface area contributed by atoms with Crippen LogP contribution in [0.5, 0.6) is 11.6 Å². The zero-order valence-electron chi connectivity index (χ0n) is 14.6. The van der Waals surface area contributed by atoms with E-state index >= 15 is 0 Å². The molecule has 0 spiro atoms. The van der Waals surface area contributed by atoms with Crippen molar-refractivity contribution in [1.29, 1.82) is 0 Å². The first-order valence-corrected chi connectivity index (χ1v) is 9.15. The van der Waals surface area contributed by atoms with E-state index in [0.717, 1.165) is 27.2 Å². The summed E-state index contributed by atoms with van der Waals surface area (Å²) in [6.45, 7) is 0.651. The van der Waals surface area contributed by atoms with Crippen LogP contribution in [0, 0.1) is 0 Å². The number of pyridine rings is 1. The molecule has 0 aliphatic carbocycles. The summed E-state index contributed by atoms with van der Waals surface area (Å²) >= 11 is 1.61. The van der Waals surface area contributed by atoms with E-state index in [4.69, 9.17) is 14.7 Å². The largest absolute Gasteiger partial charge is 0.437 e. The molecule has 5 nitrogen and oxygen atoms in total. The van der Waals surface area contributed by atoms with E-state index < -0.39 is 0 Å². The molecule has 0 amide bonds. The van der Waals surface area contributed by atoms with Crippen molar-refractivity contribution in [3.05, 3.63) is 66.1 Å². The van der Waals surface area contributed by atoms with Crippen LogP contribution in [0.3, 0.4) is 0 Å². The molecule has 130 valence electrons. The Hall–Kier alpha value is -2.83. The summed E-state index contributed by atoms with van der Waals surface area (Å²) in [4.78, 5) is 16.5. The number of thiophene rings is 1. The van der Waals surface area contributed by atoms with Gasteiger partial charge in [-0.15, -0.1) is 11.3 Å². The molecule has 4 rings (SSSR count). The van der Waals surface area contributed by atoms with Crippen LogP contribution >= 0.6 is 11.3 Å². The third-order valence-electron chi connectivity index (χ3n) is 3.84. The predicted octanol–water partition coefficient (Wildman–Crippen LogP) is 4.61. The van der Waals surface area contributed by atoms with E-state index in [0.29, 0.717) is 18.2 Å². The van der Waals surface area contributed by atoms with Gasteiger partial charge in [0.1, 0.15) is 16.4 Å². The Labute approximate surface area is 155 Å². The minimum Gasteiger partial charge on any atom is -0.437 e. The van der Waals surface area contributed by atoms with Gasteiger partial charge in [0.2, 0.25) is 5.88 Å². The van der Waals surface area contributed by atoms with Gasteiger partial charge in [-0.05, 0) is 31.8 Å². The van der Waals surface area contributed by atoms with Crippen LogP contribution in [0.2, 0.25) is 0 Å². The van der Waals surface area contributed by atoms with Crippen molar-refractivity contribution in [2.75, 3.05) is 14.1 Å². The van der Waals surface area contributed by atoms with Gasteiger partial charge in [-0.1, -0.05) is 30.3 Å². The zero-order valence-corrected chi connectivity index (χ0v) is 15.4. The van der Waals surface area contributed by atoms with Crippen LogP contribution < -0.4 is 4.74 Å². The number of hydrogen-bond donors (Lipinski definition) is 0. The van der Waals surface area contributed by atoms with Crippen molar-refractivity contribution in [1.82, 2.24) is 19.9 Å². The number of nitrogens with zero attached hydrogens (tertiary/aromatic N) is 4. The van der Waals surface area contributed by atoms with E-state index in [9.17, 15) is 0 Å². The SMILES string of the molecule is CN(C)Cc1nc(Oc2cccnc2)c2c(-c3ccccc3)csc2n1. The van der Waals surface area contributed by atoms with Crippen LogP contribution in [0.4, 0.5) is 0 Å². The number of aromatic nitrogens is 3. The molecule has 0 aliphatic rings. The monoisotopic (exact) mass is 362 g/mol. The summed E-state index contributed by atoms with van der Waals surface area (Å²) in [5.41, 5.74) is 2.21. The molecule has 3 heterocycles. The molecule has 0 bridgehead atoms. The highest BCUT2D eigenvalue weighted by atomic mass is 32.1. The number of ether oxygens (including phenoxy) is 1. The van der Waals surface area contributed by atoms with Gasteiger partial charge >= 0.3 is 0 Å². The van der Waals surface area contributed by atoms with E-state index in [1.54, 1.807) is 23.7 Å². The average molecular weight is 362 g/mol. The van der Waals surface area contributed by atoms with Gasteiger partial charge in [0.25, 0.3) is 0 Å². The summed E-state index contributed by atoms with van der Waals surface area (Å²) in [5, 5.41) is 3.05. The second kappa shape index (κ2) is 7.19. The Morgan fingerprint density at radius 3 is 2.62 bits per heavy atom. The molecular formula is C20H18N4OS. The van der Waals surface area contributed by atoms with E-state index in [1.807, 2.05) is 49.3 Å². The van der Waals surface area contributed by atoms with Crippen LogP contribution in [0.25, 0.3) is 21.3 Å². The molecule has 0 saturated carbocycles. The Balaban J connectivity index is 1.88. The van der Waals surface area contributed by atoms with Crippen molar-refractivity contribution >= 4 is 21.6 Å². The van der Waals surface area contributed by atoms with Crippen molar-refractivity contribution in [3.8, 4) is 22.8 Å². The van der Waals surface area contributed by atoms with Crippen LogP contribution in [0.15, 0.2) is 60.2 Å². The van der Waals surface area contributed by atoms with Crippen molar-refractivity contribution in [2.45, 2.75) is 6.54 Å². The lowest BCUT2D eigenvalue weighted by Gasteiger charge is -2.12. The van der Waals surface area contributed by atoms with Crippen molar-refractivity contribution in [3.63, 3.8) is 0 Å². The normalized spacial score (nSPS) is 11.2. The summed E-state index contributed by atoms with van der Waals surface area (Å²) < 4.78 is 6.11. The second-order valence-corrected chi connectivity index (χ2v) is 7.03. The third kappa shape index (κ3) is 3.42. The number of rotatable bonds is 5. The fraction of sp³-hybridized carbons (Fsp3) is 0.150. The second-order valence-electron chi connectivity index (χ2n) is 6.17. The fourth-order valence-electron chi connectivity index (χ4n) is 2.73. The Bertz CT molecular complexity index is 1020. The topological polar surface area (TPSA) is 51.1 Å². The summed E-state index contributed by atoms with van der Waals surface area (Å²) in [6.07, 6.45) is 3.41. The number of fused-ring (bicyclic) bond motifs is 1. The van der Waals surface area contributed by atoms with Crippen LogP contribution in [0.1, 0.15) is 5.82 Å². The lowest BCUT2D eigenvalue weighted by atomic mass is 10.1. The van der Waals surface area contributed by atoms with Crippen molar-refractivity contribution < 1.29 is 4.74 Å². The third-order valence-corrected chi connectivity index (χ3v) is 4.71. The fourth-order valence-corrected chi connectivity index (χ4v) is 3.69. The summed E-state index contributed by atoms with van der Waals surface area (Å²) in [6, 6.07) is 14.0. The highest BCUT2D eigenvalue weighted by Gasteiger charge is 2.17. The predicted molar refractivity (Wildman–Crippen MR) is 105 cm³/mol. The molecule has 26 heavy (non-hydrogen) atoms. The smallest absolute Gasteiger partial charge is 0.232 e. The van der Waals surface area contributed by atoms with E-state index in [2.05, 4.69) is 22.5 Å². The number of hydrogen-bond acceptors (Lipinski definition) is 6. The first-order chi connectivity index (χ1) is 12.7. The van der Waals surface area contributed by atoms with Crippen LogP contribution in [-0.4, -0.2) is 33.9 Å². The quantitative estimate of drug-likeness (QED) is 0.519. The minimum atomic E-state index is 0.569. The van der Waals surface area contributed by atoms with Gasteiger partial charge < -0.3 is 9.64 Å². The first-order valence-electron chi connectivity index (χ1n) is 8.27. The molecule has 0 atom stereocenters. The van der Waals surface area contributed by atoms with Crippen LogP contribution in [-0.2, 0) is 6.54 Å². The molecule has 6 heteroatoms. The Morgan fingerprint density at radius 2 is 1.88 bits per heavy atom. The molecule has 0 unspecified atom stereocenters. The molecule has 3 aromatic heterocycles. The zero-order chi connectivity index (χ0) is 17.9. The molecule has 0 radical (unpaired) electrons. The Morgan fingerprint density at radius 1 is 1.04 bits per heavy atom. The first kappa shape index (κ1) is 16.6. The molecule has 0 fully saturated rings. The standard InChI is InChI=1S/C20H18N4OS/c1-24(2)12-17-22-19(25-15-9-6-10-21-11-15)18-16(13-26-20(18)23-17)14-7-4-3-5-8-14/h3-11,13H,12H2,1-2H3. The maximum absolute atomic E-state index is 6.11. The Kier molecular flexibility index (Phi) is 4.60. The molecule has 1 aromatic carbocycles. The maximum atomic E-state index is 6.11. The summed E-state index contributed by atoms with van der Waals surface area (Å²) in [7, 11) is 4.00. The highest BCUT2D eigenvalue weighted by Crippen LogP contribution is 2.39. The molecule has 4 aromatic rings. The van der Waals surface area contributed by atoms with Gasteiger partial charge in [0, 0.05) is 17.1 Å². The molecule has 0 N–H and O–H groups in total. The summed E-state index contributed by atoms with van der Waals surface area (Å²) in [5.74, 6) is 1.97. The van der Waals surface area contributed by atoms with Gasteiger partial charge in [-0.2, -0.15) is 4.98 Å². The van der Waals surface area contributed by atoms with Gasteiger partial charge in [0.15, 0.2) is 0 Å². The van der Waals surface area contributed by atoms with E-state index in [-0.39, 0.29) is 0 Å². The highest BCUT2D eigenvalue weighted by molar-refractivity contribution is 7.17. The molecule has 0 saturated heterocycles. The average Bonchev–Trinajstić information content (AvgIpc) is 3.07. The molecule has 0 aliphatic heterocycles. The van der Waals surface area contributed by atoms with E-state index in [1.165, 1.54) is 0 Å². The lowest BCUT2D eigenvalue weighted by Crippen LogP contribution is -2.13. The van der Waals surface area contributed by atoms with Gasteiger partial charge in [-0.25, -0.2) is 4.98 Å². The van der Waals surface area contributed by atoms with Gasteiger partial charge in [-0.3, -0.25) is 4.98 Å². The van der Waals surface area contributed by atoms with Crippen molar-refractivity contribution in [2.24, 2.45) is 0 Å². The van der Waals surface area contributed by atoms with Gasteiger partial charge in [0.05, 0.1) is 18.1 Å². The number of benzene rings is 1. The molecular weight excluding hydrogens is 344 g/mol. The maximum Gasteiger partial charge on any atom is 0.232 e. The lowest BCUT2D eigenvalue weighted by molar-refractivity contribution is 0.385.